The molecule has 1 fully saturated rings. The van der Waals surface area contributed by atoms with E-state index in [-0.39, 0.29) is 24.0 Å². The van der Waals surface area contributed by atoms with E-state index in [9.17, 15) is 4.79 Å². The van der Waals surface area contributed by atoms with Gasteiger partial charge in [-0.05, 0) is 38.5 Å². The molecule has 9 nitrogen and oxygen atoms in total. The molecule has 32 heavy (non-hydrogen) atoms. The highest BCUT2D eigenvalue weighted by molar-refractivity contribution is 14.0. The van der Waals surface area contributed by atoms with Crippen LogP contribution in [0.15, 0.2) is 29.3 Å². The van der Waals surface area contributed by atoms with Crippen molar-refractivity contribution in [2.24, 2.45) is 4.99 Å². The second-order valence-electron chi connectivity index (χ2n) is 8.23. The lowest BCUT2D eigenvalue weighted by Gasteiger charge is -2.26. The second kappa shape index (κ2) is 15.1. The minimum absolute atomic E-state index is 0. The Morgan fingerprint density at radius 2 is 1.88 bits per heavy atom. The first-order valence-corrected chi connectivity index (χ1v) is 10.8. The Balaban J connectivity index is 0.00000512. The molecule has 1 saturated heterocycles. The Bertz CT molecular complexity index is 706. The molecule has 0 bridgehead atoms. The summed E-state index contributed by atoms with van der Waals surface area (Å²) in [6, 6.07) is 8.03. The van der Waals surface area contributed by atoms with Crippen molar-refractivity contribution in [1.29, 1.82) is 0 Å². The number of benzene rings is 1. The number of carbonyl (C=O) groups excluding carboxylic acids is 1. The fraction of sp³-hybridized carbons (Fsp3) is 0.636. The van der Waals surface area contributed by atoms with E-state index in [0.717, 1.165) is 44.2 Å². The topological polar surface area (TPSA) is 96.5 Å². The standard InChI is InChI=1S/C22H37N5O4.HI/c1-22(2,3)31-21(28)25-9-8-24-20(23-4)26-17-18-6-5-7-19(16-18)30-15-12-27-10-13-29-14-11-27;/h5-7,16H,8-15,17H2,1-4H3,(H,25,28)(H2,23,24,26);1H. The van der Waals surface area contributed by atoms with Crippen molar-refractivity contribution in [2.45, 2.75) is 32.9 Å². The molecule has 0 aromatic heterocycles. The van der Waals surface area contributed by atoms with Gasteiger partial charge in [-0.1, -0.05) is 12.1 Å². The Hall–Kier alpha value is -1.79. The van der Waals surface area contributed by atoms with Crippen LogP contribution in [0.25, 0.3) is 0 Å². The lowest BCUT2D eigenvalue weighted by molar-refractivity contribution is 0.0322. The highest BCUT2D eigenvalue weighted by atomic mass is 127. The number of amides is 1. The predicted octanol–water partition coefficient (Wildman–Crippen LogP) is 2.21. The van der Waals surface area contributed by atoms with Crippen LogP contribution in [0.2, 0.25) is 0 Å². The zero-order valence-electron chi connectivity index (χ0n) is 19.6. The summed E-state index contributed by atoms with van der Waals surface area (Å²) in [6.45, 7) is 12.2. The largest absolute Gasteiger partial charge is 0.492 e. The Morgan fingerprint density at radius 3 is 2.56 bits per heavy atom. The van der Waals surface area contributed by atoms with Gasteiger partial charge in [0.1, 0.15) is 18.0 Å². The van der Waals surface area contributed by atoms with Gasteiger partial charge < -0.3 is 30.2 Å². The molecule has 0 atom stereocenters. The van der Waals surface area contributed by atoms with Gasteiger partial charge in [-0.15, -0.1) is 24.0 Å². The van der Waals surface area contributed by atoms with Gasteiger partial charge in [0.05, 0.1) is 13.2 Å². The van der Waals surface area contributed by atoms with Gasteiger partial charge in [0, 0.05) is 46.3 Å². The van der Waals surface area contributed by atoms with Gasteiger partial charge in [-0.3, -0.25) is 9.89 Å². The fourth-order valence-electron chi connectivity index (χ4n) is 2.93. The number of nitrogens with one attached hydrogen (secondary N) is 3. The first-order valence-electron chi connectivity index (χ1n) is 10.8. The first-order chi connectivity index (χ1) is 14.9. The molecular formula is C22H38IN5O4. The second-order valence-corrected chi connectivity index (χ2v) is 8.23. The Kier molecular flexibility index (Phi) is 13.3. The zero-order valence-corrected chi connectivity index (χ0v) is 21.9. The van der Waals surface area contributed by atoms with E-state index in [1.807, 2.05) is 45.0 Å². The summed E-state index contributed by atoms with van der Waals surface area (Å²) in [7, 11) is 1.71. The number of aliphatic imine (C=N–C) groups is 1. The Morgan fingerprint density at radius 1 is 1.16 bits per heavy atom. The quantitative estimate of drug-likeness (QED) is 0.184. The van der Waals surface area contributed by atoms with Gasteiger partial charge in [-0.25, -0.2) is 4.79 Å². The molecule has 1 amide bonds. The van der Waals surface area contributed by atoms with Crippen LogP contribution >= 0.6 is 24.0 Å². The SMILES string of the molecule is CN=C(NCCNC(=O)OC(C)(C)C)NCc1cccc(OCCN2CCOCC2)c1.I. The molecule has 0 unspecified atom stereocenters. The summed E-state index contributed by atoms with van der Waals surface area (Å²) in [5, 5.41) is 9.14. The van der Waals surface area contributed by atoms with Gasteiger partial charge in [0.2, 0.25) is 0 Å². The molecule has 1 heterocycles. The molecule has 0 aliphatic carbocycles. The van der Waals surface area contributed by atoms with E-state index in [0.29, 0.717) is 32.2 Å². The first kappa shape index (κ1) is 28.2. The van der Waals surface area contributed by atoms with Crippen LogP contribution in [0.3, 0.4) is 0 Å². The molecular weight excluding hydrogens is 525 g/mol. The lowest BCUT2D eigenvalue weighted by atomic mass is 10.2. The normalized spacial score (nSPS) is 14.8. The number of hydrogen-bond donors (Lipinski definition) is 3. The van der Waals surface area contributed by atoms with Crippen molar-refractivity contribution < 1.29 is 19.0 Å². The fourth-order valence-corrected chi connectivity index (χ4v) is 2.93. The molecule has 3 N–H and O–H groups in total. The van der Waals surface area contributed by atoms with Gasteiger partial charge in [0.25, 0.3) is 0 Å². The van der Waals surface area contributed by atoms with E-state index in [1.165, 1.54) is 0 Å². The molecule has 1 aliphatic heterocycles. The molecule has 2 rings (SSSR count). The molecule has 10 heteroatoms. The molecule has 1 aliphatic rings. The number of rotatable bonds is 9. The van der Waals surface area contributed by atoms with Crippen molar-refractivity contribution >= 4 is 36.0 Å². The van der Waals surface area contributed by atoms with Gasteiger partial charge in [-0.2, -0.15) is 0 Å². The smallest absolute Gasteiger partial charge is 0.407 e. The molecule has 182 valence electrons. The summed E-state index contributed by atoms with van der Waals surface area (Å²) >= 11 is 0. The molecule has 1 aromatic carbocycles. The van der Waals surface area contributed by atoms with Crippen LogP contribution in [0.5, 0.6) is 5.75 Å². The summed E-state index contributed by atoms with van der Waals surface area (Å²) in [4.78, 5) is 18.2. The molecule has 0 saturated carbocycles. The number of carbonyl (C=O) groups is 1. The van der Waals surface area contributed by atoms with Gasteiger partial charge >= 0.3 is 6.09 Å². The predicted molar refractivity (Wildman–Crippen MR) is 137 cm³/mol. The summed E-state index contributed by atoms with van der Waals surface area (Å²) in [5.41, 5.74) is 0.592. The van der Waals surface area contributed by atoms with E-state index in [2.05, 4.69) is 25.8 Å². The van der Waals surface area contributed by atoms with Crippen molar-refractivity contribution in [2.75, 3.05) is 59.6 Å². The average molecular weight is 563 g/mol. The van der Waals surface area contributed by atoms with Crippen molar-refractivity contribution in [3.63, 3.8) is 0 Å². The number of halogens is 1. The van der Waals surface area contributed by atoms with Crippen LogP contribution in [-0.4, -0.2) is 82.1 Å². The Labute approximate surface area is 208 Å². The minimum Gasteiger partial charge on any atom is -0.492 e. The maximum absolute atomic E-state index is 11.7. The number of ether oxygens (including phenoxy) is 3. The van der Waals surface area contributed by atoms with Crippen molar-refractivity contribution in [1.82, 2.24) is 20.9 Å². The maximum atomic E-state index is 11.7. The molecule has 0 spiro atoms. The van der Waals surface area contributed by atoms with E-state index >= 15 is 0 Å². The van der Waals surface area contributed by atoms with E-state index in [4.69, 9.17) is 14.2 Å². The number of alkyl carbamates (subject to hydrolysis) is 1. The number of morpholine rings is 1. The number of hydrogen-bond acceptors (Lipinski definition) is 6. The number of nitrogens with zero attached hydrogens (tertiary/aromatic N) is 2. The van der Waals surface area contributed by atoms with Crippen molar-refractivity contribution in [3.05, 3.63) is 29.8 Å². The molecule has 0 radical (unpaired) electrons. The highest BCUT2D eigenvalue weighted by Crippen LogP contribution is 2.13. The zero-order chi connectivity index (χ0) is 22.5. The summed E-state index contributed by atoms with van der Waals surface area (Å²) < 4.78 is 16.5. The lowest BCUT2D eigenvalue weighted by Crippen LogP contribution is -2.42. The van der Waals surface area contributed by atoms with E-state index < -0.39 is 11.7 Å². The van der Waals surface area contributed by atoms with Gasteiger partial charge in [0.15, 0.2) is 5.96 Å². The van der Waals surface area contributed by atoms with E-state index in [1.54, 1.807) is 7.05 Å². The monoisotopic (exact) mass is 563 g/mol. The third kappa shape index (κ3) is 12.3. The van der Waals surface area contributed by atoms with Crippen molar-refractivity contribution in [3.8, 4) is 5.75 Å². The van der Waals surface area contributed by atoms with Crippen LogP contribution in [0.1, 0.15) is 26.3 Å². The summed E-state index contributed by atoms with van der Waals surface area (Å²) in [6.07, 6.45) is -0.428. The average Bonchev–Trinajstić information content (AvgIpc) is 2.73. The molecule has 1 aromatic rings. The summed E-state index contributed by atoms with van der Waals surface area (Å²) in [5.74, 6) is 1.52. The maximum Gasteiger partial charge on any atom is 0.407 e. The third-order valence-corrected chi connectivity index (χ3v) is 4.45. The van der Waals surface area contributed by atoms with Crippen LogP contribution < -0.4 is 20.7 Å². The number of guanidine groups is 1. The third-order valence-electron chi connectivity index (χ3n) is 4.45. The van der Waals surface area contributed by atoms with Crippen LogP contribution in [-0.2, 0) is 16.0 Å². The van der Waals surface area contributed by atoms with Crippen LogP contribution in [0, 0.1) is 0 Å². The highest BCUT2D eigenvalue weighted by Gasteiger charge is 2.15. The van der Waals surface area contributed by atoms with Crippen LogP contribution in [0.4, 0.5) is 4.79 Å². The minimum atomic E-state index is -0.504.